The minimum Gasteiger partial charge on any atom is -0.354 e. The molecule has 0 aromatic carbocycles. The van der Waals surface area contributed by atoms with E-state index in [4.69, 9.17) is 11.6 Å². The Balaban J connectivity index is 2.62. The molecule has 84 valence electrons. The van der Waals surface area contributed by atoms with Crippen LogP contribution in [0.3, 0.4) is 0 Å². The van der Waals surface area contributed by atoms with Crippen LogP contribution in [0.15, 0.2) is 0 Å². The average Bonchev–Trinajstić information content (AvgIpc) is 2.18. The summed E-state index contributed by atoms with van der Waals surface area (Å²) >= 11 is 5.76. The number of rotatable bonds is 6. The molecule has 6 heteroatoms. The van der Waals surface area contributed by atoms with Gasteiger partial charge in [-0.25, -0.2) is 0 Å². The second-order valence-electron chi connectivity index (χ2n) is 3.06. The maximum Gasteiger partial charge on any atom is 0.228 e. The van der Waals surface area contributed by atoms with E-state index in [1.54, 1.807) is 0 Å². The third kappa shape index (κ3) is 4.29. The molecule has 5 nitrogen and oxygen atoms in total. The summed E-state index contributed by atoms with van der Waals surface area (Å²) in [5.74, 6) is 1.04. The van der Waals surface area contributed by atoms with E-state index in [1.807, 2.05) is 6.92 Å². The molecule has 0 radical (unpaired) electrons. The highest BCUT2D eigenvalue weighted by Gasteiger charge is 2.02. The first-order valence-electron chi connectivity index (χ1n) is 5.15. The van der Waals surface area contributed by atoms with Gasteiger partial charge < -0.3 is 10.6 Å². The van der Waals surface area contributed by atoms with Crippen LogP contribution in [0, 0.1) is 0 Å². The lowest BCUT2D eigenvalue weighted by Crippen LogP contribution is -2.09. The monoisotopic (exact) mass is 229 g/mol. The summed E-state index contributed by atoms with van der Waals surface area (Å²) in [6, 6.07) is 0. The van der Waals surface area contributed by atoms with E-state index in [9.17, 15) is 0 Å². The van der Waals surface area contributed by atoms with Gasteiger partial charge in [-0.15, -0.1) is 0 Å². The smallest absolute Gasteiger partial charge is 0.228 e. The Hall–Kier alpha value is -1.10. The normalized spacial score (nSPS) is 10.1. The first-order chi connectivity index (χ1) is 7.26. The van der Waals surface area contributed by atoms with Crippen molar-refractivity contribution in [1.29, 1.82) is 0 Å². The topological polar surface area (TPSA) is 62.7 Å². The van der Waals surface area contributed by atoms with E-state index in [0.717, 1.165) is 25.9 Å². The Morgan fingerprint density at radius 3 is 2.33 bits per heavy atom. The highest BCUT2D eigenvalue weighted by molar-refractivity contribution is 6.28. The van der Waals surface area contributed by atoms with Gasteiger partial charge in [0, 0.05) is 13.1 Å². The Morgan fingerprint density at radius 2 is 1.73 bits per heavy atom. The van der Waals surface area contributed by atoms with Crippen LogP contribution in [0.1, 0.15) is 26.7 Å². The summed E-state index contributed by atoms with van der Waals surface area (Å²) in [6.07, 6.45) is 2.21. The largest absolute Gasteiger partial charge is 0.354 e. The first kappa shape index (κ1) is 12.0. The fourth-order valence-corrected chi connectivity index (χ4v) is 1.20. The van der Waals surface area contributed by atoms with E-state index < -0.39 is 0 Å². The fourth-order valence-electron chi connectivity index (χ4n) is 1.04. The van der Waals surface area contributed by atoms with Crippen molar-refractivity contribution in [2.45, 2.75) is 26.7 Å². The van der Waals surface area contributed by atoms with Crippen molar-refractivity contribution in [2.24, 2.45) is 0 Å². The zero-order valence-electron chi connectivity index (χ0n) is 9.05. The van der Waals surface area contributed by atoms with E-state index in [-0.39, 0.29) is 5.28 Å². The quantitative estimate of drug-likeness (QED) is 0.732. The Bertz CT molecular complexity index is 305. The van der Waals surface area contributed by atoms with Crippen molar-refractivity contribution in [3.8, 4) is 0 Å². The van der Waals surface area contributed by atoms with Gasteiger partial charge in [0.1, 0.15) is 0 Å². The average molecular weight is 230 g/mol. The Labute approximate surface area is 94.7 Å². The predicted octanol–water partition coefficient (Wildman–Crippen LogP) is 2.17. The number of hydrogen-bond acceptors (Lipinski definition) is 5. The van der Waals surface area contributed by atoms with Gasteiger partial charge in [-0.1, -0.05) is 13.3 Å². The molecule has 2 N–H and O–H groups in total. The van der Waals surface area contributed by atoms with Crippen LogP contribution in [-0.4, -0.2) is 28.0 Å². The standard InChI is InChI=1S/C9H16ClN5/c1-3-5-6-12-9-14-7(10)13-8(15-9)11-4-2/h3-6H2,1-2H3,(H2,11,12,13,14,15). The van der Waals surface area contributed by atoms with Gasteiger partial charge in [0.25, 0.3) is 0 Å². The molecule has 0 fully saturated rings. The van der Waals surface area contributed by atoms with E-state index in [2.05, 4.69) is 32.5 Å². The number of hydrogen-bond donors (Lipinski definition) is 2. The Morgan fingerprint density at radius 1 is 1.07 bits per heavy atom. The Kier molecular flexibility index (Phi) is 5.10. The van der Waals surface area contributed by atoms with Gasteiger partial charge in [0.15, 0.2) is 0 Å². The molecule has 1 rings (SSSR count). The van der Waals surface area contributed by atoms with Gasteiger partial charge in [-0.05, 0) is 24.9 Å². The molecule has 15 heavy (non-hydrogen) atoms. The van der Waals surface area contributed by atoms with Crippen LogP contribution < -0.4 is 10.6 Å². The number of unbranched alkanes of at least 4 members (excludes halogenated alkanes) is 1. The molecule has 0 atom stereocenters. The number of halogens is 1. The highest BCUT2D eigenvalue weighted by Crippen LogP contribution is 2.09. The van der Waals surface area contributed by atoms with Crippen LogP contribution >= 0.6 is 11.6 Å². The van der Waals surface area contributed by atoms with Crippen LogP contribution in [0.5, 0.6) is 0 Å². The molecular formula is C9H16ClN5. The van der Waals surface area contributed by atoms with Crippen LogP contribution in [0.2, 0.25) is 5.28 Å². The van der Waals surface area contributed by atoms with Crippen molar-refractivity contribution in [3.63, 3.8) is 0 Å². The third-order valence-electron chi connectivity index (χ3n) is 1.76. The molecular weight excluding hydrogens is 214 g/mol. The highest BCUT2D eigenvalue weighted by atomic mass is 35.5. The summed E-state index contributed by atoms with van der Waals surface area (Å²) in [7, 11) is 0. The molecule has 0 saturated carbocycles. The maximum absolute atomic E-state index is 5.76. The van der Waals surface area contributed by atoms with E-state index in [1.165, 1.54) is 0 Å². The molecule has 0 aliphatic carbocycles. The molecule has 1 aromatic rings. The van der Waals surface area contributed by atoms with E-state index >= 15 is 0 Å². The zero-order valence-corrected chi connectivity index (χ0v) is 9.80. The molecule has 1 aromatic heterocycles. The number of aromatic nitrogens is 3. The van der Waals surface area contributed by atoms with Crippen LogP contribution in [-0.2, 0) is 0 Å². The SMILES string of the molecule is CCCCNc1nc(Cl)nc(NCC)n1. The van der Waals surface area contributed by atoms with Crippen molar-refractivity contribution >= 4 is 23.5 Å². The number of nitrogens with zero attached hydrogens (tertiary/aromatic N) is 3. The molecule has 0 bridgehead atoms. The minimum absolute atomic E-state index is 0.208. The molecule has 1 heterocycles. The second kappa shape index (κ2) is 6.40. The van der Waals surface area contributed by atoms with E-state index in [0.29, 0.717) is 11.9 Å². The van der Waals surface area contributed by atoms with Gasteiger partial charge >= 0.3 is 0 Å². The number of nitrogens with one attached hydrogen (secondary N) is 2. The lowest BCUT2D eigenvalue weighted by molar-refractivity contribution is 0.824. The van der Waals surface area contributed by atoms with Crippen molar-refractivity contribution in [2.75, 3.05) is 23.7 Å². The first-order valence-corrected chi connectivity index (χ1v) is 5.53. The maximum atomic E-state index is 5.76. The van der Waals surface area contributed by atoms with Crippen molar-refractivity contribution < 1.29 is 0 Å². The van der Waals surface area contributed by atoms with Gasteiger partial charge in [-0.2, -0.15) is 15.0 Å². The second-order valence-corrected chi connectivity index (χ2v) is 3.40. The summed E-state index contributed by atoms with van der Waals surface area (Å²) in [4.78, 5) is 12.1. The molecule has 0 saturated heterocycles. The molecule has 0 unspecified atom stereocenters. The third-order valence-corrected chi connectivity index (χ3v) is 1.93. The molecule has 0 spiro atoms. The summed E-state index contributed by atoms with van der Waals surface area (Å²) in [5, 5.41) is 6.30. The molecule has 0 aliphatic heterocycles. The molecule has 0 aliphatic rings. The lowest BCUT2D eigenvalue weighted by atomic mass is 10.3. The fraction of sp³-hybridized carbons (Fsp3) is 0.667. The van der Waals surface area contributed by atoms with Crippen LogP contribution in [0.4, 0.5) is 11.9 Å². The predicted molar refractivity (Wildman–Crippen MR) is 62.4 cm³/mol. The number of anilines is 2. The van der Waals surface area contributed by atoms with Crippen LogP contribution in [0.25, 0.3) is 0 Å². The van der Waals surface area contributed by atoms with Gasteiger partial charge in [0.05, 0.1) is 0 Å². The lowest BCUT2D eigenvalue weighted by Gasteiger charge is -2.06. The summed E-state index contributed by atoms with van der Waals surface area (Å²) in [6.45, 7) is 5.71. The summed E-state index contributed by atoms with van der Waals surface area (Å²) < 4.78 is 0. The van der Waals surface area contributed by atoms with Crippen molar-refractivity contribution in [1.82, 2.24) is 15.0 Å². The van der Waals surface area contributed by atoms with Crippen molar-refractivity contribution in [3.05, 3.63) is 5.28 Å². The van der Waals surface area contributed by atoms with Gasteiger partial charge in [0.2, 0.25) is 17.2 Å². The summed E-state index contributed by atoms with van der Waals surface area (Å²) in [5.41, 5.74) is 0. The minimum atomic E-state index is 0.208. The van der Waals surface area contributed by atoms with Gasteiger partial charge in [-0.3, -0.25) is 0 Å². The molecule has 0 amide bonds. The zero-order chi connectivity index (χ0) is 11.1.